The van der Waals surface area contributed by atoms with Gasteiger partial charge in [0.25, 0.3) is 0 Å². The highest BCUT2D eigenvalue weighted by Crippen LogP contribution is 2.01. The lowest BCUT2D eigenvalue weighted by Gasteiger charge is -2.30. The molecule has 0 amide bonds. The van der Waals surface area contributed by atoms with Gasteiger partial charge in [0, 0.05) is 31.7 Å². The zero-order valence-corrected chi connectivity index (χ0v) is 10.7. The molecule has 1 aliphatic heterocycles. The van der Waals surface area contributed by atoms with Crippen LogP contribution < -0.4 is 0 Å². The second-order valence-electron chi connectivity index (χ2n) is 4.75. The average molecular weight is 228 g/mol. The quantitative estimate of drug-likeness (QED) is 0.674. The minimum absolute atomic E-state index is 0.891. The van der Waals surface area contributed by atoms with Crippen molar-refractivity contribution in [3.8, 4) is 11.8 Å². The lowest BCUT2D eigenvalue weighted by Crippen LogP contribution is -2.44. The summed E-state index contributed by atoms with van der Waals surface area (Å²) in [4.78, 5) is 4.78. The zero-order chi connectivity index (χ0) is 12.1. The number of nitrogens with zero attached hydrogens (tertiary/aromatic N) is 2. The van der Waals surface area contributed by atoms with E-state index in [1.54, 1.807) is 0 Å². The van der Waals surface area contributed by atoms with E-state index in [4.69, 9.17) is 0 Å². The first-order valence-electron chi connectivity index (χ1n) is 6.20. The molecule has 0 saturated carbocycles. The predicted octanol–water partition coefficient (Wildman–Crippen LogP) is 1.59. The third-order valence-corrected chi connectivity index (χ3v) is 3.18. The van der Waals surface area contributed by atoms with E-state index in [0.717, 1.165) is 38.3 Å². The van der Waals surface area contributed by atoms with Crippen LogP contribution in [-0.4, -0.2) is 49.6 Å². The van der Waals surface area contributed by atoms with Gasteiger partial charge in [0.15, 0.2) is 0 Å². The highest BCUT2D eigenvalue weighted by molar-refractivity contribution is 5.35. The van der Waals surface area contributed by atoms with Crippen LogP contribution in [0.5, 0.6) is 0 Å². The Kier molecular flexibility index (Phi) is 4.19. The van der Waals surface area contributed by atoms with E-state index >= 15 is 0 Å². The first-order chi connectivity index (χ1) is 8.24. The fourth-order valence-corrected chi connectivity index (χ4v) is 1.90. The molecule has 17 heavy (non-hydrogen) atoms. The van der Waals surface area contributed by atoms with Crippen LogP contribution in [0.2, 0.25) is 0 Å². The van der Waals surface area contributed by atoms with Crippen molar-refractivity contribution in [1.29, 1.82) is 0 Å². The Morgan fingerprint density at radius 2 is 1.71 bits per heavy atom. The molecular weight excluding hydrogens is 208 g/mol. The fourth-order valence-electron chi connectivity index (χ4n) is 1.90. The van der Waals surface area contributed by atoms with E-state index in [1.807, 2.05) is 0 Å². The molecule has 2 nitrogen and oxygen atoms in total. The van der Waals surface area contributed by atoms with Crippen molar-refractivity contribution < 1.29 is 0 Å². The van der Waals surface area contributed by atoms with Gasteiger partial charge in [-0.05, 0) is 26.1 Å². The third-order valence-electron chi connectivity index (χ3n) is 3.18. The number of hydrogen-bond acceptors (Lipinski definition) is 2. The Labute approximate surface area is 104 Å². The minimum atomic E-state index is 0.891. The number of rotatable bonds is 1. The molecule has 1 heterocycles. The summed E-state index contributed by atoms with van der Waals surface area (Å²) in [5, 5.41) is 0. The lowest BCUT2D eigenvalue weighted by atomic mass is 10.1. The van der Waals surface area contributed by atoms with Crippen molar-refractivity contribution in [3.63, 3.8) is 0 Å². The maximum atomic E-state index is 3.26. The number of likely N-dealkylation sites (N-methyl/N-ethyl adjacent to an activating group) is 1. The van der Waals surface area contributed by atoms with Crippen molar-refractivity contribution >= 4 is 0 Å². The van der Waals surface area contributed by atoms with Gasteiger partial charge in [-0.25, -0.2) is 0 Å². The summed E-state index contributed by atoms with van der Waals surface area (Å²) >= 11 is 0. The Morgan fingerprint density at radius 1 is 1.06 bits per heavy atom. The minimum Gasteiger partial charge on any atom is -0.304 e. The molecule has 1 aliphatic rings. The Bertz CT molecular complexity index is 403. The lowest BCUT2D eigenvalue weighted by molar-refractivity contribution is 0.168. The molecule has 2 heteroatoms. The fraction of sp³-hybridized carbons (Fsp3) is 0.467. The molecule has 0 bridgehead atoms. The van der Waals surface area contributed by atoms with Crippen LogP contribution in [-0.2, 0) is 0 Å². The van der Waals surface area contributed by atoms with E-state index in [9.17, 15) is 0 Å². The largest absolute Gasteiger partial charge is 0.304 e. The van der Waals surface area contributed by atoms with Crippen LogP contribution in [0.15, 0.2) is 24.3 Å². The zero-order valence-electron chi connectivity index (χ0n) is 10.7. The van der Waals surface area contributed by atoms with Gasteiger partial charge in [-0.15, -0.1) is 0 Å². The highest BCUT2D eigenvalue weighted by atomic mass is 15.2. The summed E-state index contributed by atoms with van der Waals surface area (Å²) in [6.07, 6.45) is 0. The molecule has 2 rings (SSSR count). The van der Waals surface area contributed by atoms with Crippen LogP contribution in [0.4, 0.5) is 0 Å². The Hall–Kier alpha value is -1.30. The van der Waals surface area contributed by atoms with Gasteiger partial charge >= 0.3 is 0 Å². The summed E-state index contributed by atoms with van der Waals surface area (Å²) in [5.41, 5.74) is 2.40. The van der Waals surface area contributed by atoms with Crippen molar-refractivity contribution in [2.75, 3.05) is 39.8 Å². The molecule has 0 aliphatic carbocycles. The molecule has 1 aromatic carbocycles. The maximum Gasteiger partial charge on any atom is 0.0606 e. The van der Waals surface area contributed by atoms with Gasteiger partial charge in [0.1, 0.15) is 0 Å². The monoisotopic (exact) mass is 228 g/mol. The summed E-state index contributed by atoms with van der Waals surface area (Å²) in [7, 11) is 2.18. The summed E-state index contributed by atoms with van der Waals surface area (Å²) < 4.78 is 0. The van der Waals surface area contributed by atoms with Gasteiger partial charge in [0.2, 0.25) is 0 Å². The molecule has 0 spiro atoms. The first kappa shape index (κ1) is 12.2. The van der Waals surface area contributed by atoms with Crippen LogP contribution in [0.25, 0.3) is 0 Å². The van der Waals surface area contributed by atoms with E-state index in [0.29, 0.717) is 0 Å². The highest BCUT2D eigenvalue weighted by Gasteiger charge is 2.11. The summed E-state index contributed by atoms with van der Waals surface area (Å²) in [6.45, 7) is 7.58. The van der Waals surface area contributed by atoms with Crippen molar-refractivity contribution in [3.05, 3.63) is 35.4 Å². The summed E-state index contributed by atoms with van der Waals surface area (Å²) in [6, 6.07) is 8.40. The number of benzene rings is 1. The molecule has 1 aromatic rings. The van der Waals surface area contributed by atoms with Gasteiger partial charge < -0.3 is 4.90 Å². The number of aryl methyl sites for hydroxylation is 1. The average Bonchev–Trinajstić information content (AvgIpc) is 2.34. The Morgan fingerprint density at radius 3 is 2.35 bits per heavy atom. The number of hydrogen-bond donors (Lipinski definition) is 0. The topological polar surface area (TPSA) is 6.48 Å². The van der Waals surface area contributed by atoms with Crippen molar-refractivity contribution in [2.45, 2.75) is 6.92 Å². The van der Waals surface area contributed by atoms with Gasteiger partial charge in [-0.2, -0.15) is 0 Å². The number of piperazine rings is 1. The van der Waals surface area contributed by atoms with Gasteiger partial charge in [-0.3, -0.25) is 4.90 Å². The Balaban J connectivity index is 1.84. The second kappa shape index (κ2) is 5.86. The van der Waals surface area contributed by atoms with Crippen LogP contribution in [0, 0.1) is 18.8 Å². The molecule has 1 saturated heterocycles. The van der Waals surface area contributed by atoms with Crippen molar-refractivity contribution in [2.24, 2.45) is 0 Å². The molecule has 0 N–H and O–H groups in total. The molecule has 0 aromatic heterocycles. The SMILES string of the molecule is Cc1ccc(C#CCN2CCN(C)CC2)cc1. The predicted molar refractivity (Wildman–Crippen MR) is 72.0 cm³/mol. The van der Waals surface area contributed by atoms with E-state index in [1.165, 1.54) is 5.56 Å². The van der Waals surface area contributed by atoms with Gasteiger partial charge in [-0.1, -0.05) is 29.5 Å². The molecule has 1 fully saturated rings. The third kappa shape index (κ3) is 3.89. The van der Waals surface area contributed by atoms with E-state index in [-0.39, 0.29) is 0 Å². The van der Waals surface area contributed by atoms with Crippen molar-refractivity contribution in [1.82, 2.24) is 9.80 Å². The molecule has 0 radical (unpaired) electrons. The van der Waals surface area contributed by atoms with Crippen LogP contribution in [0.1, 0.15) is 11.1 Å². The maximum absolute atomic E-state index is 3.26. The smallest absolute Gasteiger partial charge is 0.0606 e. The molecular formula is C15H20N2. The first-order valence-corrected chi connectivity index (χ1v) is 6.20. The van der Waals surface area contributed by atoms with Crippen LogP contribution >= 0.6 is 0 Å². The van der Waals surface area contributed by atoms with E-state index < -0.39 is 0 Å². The van der Waals surface area contributed by atoms with E-state index in [2.05, 4.69) is 59.9 Å². The van der Waals surface area contributed by atoms with Gasteiger partial charge in [0.05, 0.1) is 6.54 Å². The molecule has 0 unspecified atom stereocenters. The molecule has 90 valence electrons. The summed E-state index contributed by atoms with van der Waals surface area (Å²) in [5.74, 6) is 6.49. The second-order valence-corrected chi connectivity index (χ2v) is 4.75. The normalized spacial score (nSPS) is 17.5. The standard InChI is InChI=1S/C15H20N2/c1-14-5-7-15(8-6-14)4-3-9-17-12-10-16(2)11-13-17/h5-8H,9-13H2,1-2H3. The molecule has 0 atom stereocenters. The van der Waals surface area contributed by atoms with Crippen LogP contribution in [0.3, 0.4) is 0 Å².